The van der Waals surface area contributed by atoms with Gasteiger partial charge in [-0.2, -0.15) is 0 Å². The quantitative estimate of drug-likeness (QED) is 0.623. The Balaban J connectivity index is 2.55. The average Bonchev–Trinajstić information content (AvgIpc) is 2.63. The van der Waals surface area contributed by atoms with Crippen molar-refractivity contribution in [1.82, 2.24) is 4.72 Å². The molecule has 0 radical (unpaired) electrons. The highest BCUT2D eigenvalue weighted by atomic mass is 32.2. The Bertz CT molecular complexity index is 341. The number of hydrogen-bond acceptors (Lipinski definition) is 5. The van der Waals surface area contributed by atoms with Gasteiger partial charge < -0.3 is 10.5 Å². The second-order valence-corrected chi connectivity index (χ2v) is 5.74. The van der Waals surface area contributed by atoms with Crippen LogP contribution < -0.4 is 10.5 Å². The lowest BCUT2D eigenvalue weighted by Crippen LogP contribution is -2.42. The van der Waals surface area contributed by atoms with E-state index < -0.39 is 21.7 Å². The van der Waals surface area contributed by atoms with Crippen molar-refractivity contribution >= 4 is 16.0 Å². The highest BCUT2D eigenvalue weighted by Gasteiger charge is 2.30. The second kappa shape index (κ2) is 5.60. The Morgan fingerprint density at radius 1 is 1.50 bits per heavy atom. The summed E-state index contributed by atoms with van der Waals surface area (Å²) in [6.07, 6.45) is 2.68. The van der Waals surface area contributed by atoms with E-state index in [9.17, 15) is 13.2 Å². The summed E-state index contributed by atoms with van der Waals surface area (Å²) in [5, 5.41) is 0. The molecule has 0 aliphatic heterocycles. The molecule has 94 valence electrons. The SMILES string of the molecule is COC(=O)CS(=O)(=O)NC1CCCC1CN. The van der Waals surface area contributed by atoms with Crippen molar-refractivity contribution in [1.29, 1.82) is 0 Å². The standard InChI is InChI=1S/C9H18N2O4S/c1-15-9(12)6-16(13,14)11-8-4-2-3-7(8)5-10/h7-8,11H,2-6,10H2,1H3. The molecule has 0 saturated heterocycles. The number of nitrogens with two attached hydrogens (primary N) is 1. The van der Waals surface area contributed by atoms with Crippen LogP contribution in [0.1, 0.15) is 19.3 Å². The van der Waals surface area contributed by atoms with Gasteiger partial charge in [0.05, 0.1) is 7.11 Å². The highest BCUT2D eigenvalue weighted by Crippen LogP contribution is 2.25. The Morgan fingerprint density at radius 2 is 2.19 bits per heavy atom. The van der Waals surface area contributed by atoms with Crippen LogP contribution in [0.25, 0.3) is 0 Å². The van der Waals surface area contributed by atoms with Crippen molar-refractivity contribution in [3.05, 3.63) is 0 Å². The monoisotopic (exact) mass is 250 g/mol. The minimum absolute atomic E-state index is 0.139. The Kier molecular flexibility index (Phi) is 4.69. The summed E-state index contributed by atoms with van der Waals surface area (Å²) in [6, 6.07) is -0.139. The van der Waals surface area contributed by atoms with Gasteiger partial charge >= 0.3 is 5.97 Å². The first kappa shape index (κ1) is 13.4. The number of nitrogens with one attached hydrogen (secondary N) is 1. The third-order valence-electron chi connectivity index (χ3n) is 2.83. The van der Waals surface area contributed by atoms with Crippen LogP contribution in [0.4, 0.5) is 0 Å². The molecule has 0 aromatic heterocycles. The molecule has 0 heterocycles. The molecule has 1 aliphatic rings. The fourth-order valence-electron chi connectivity index (χ4n) is 1.96. The van der Waals surface area contributed by atoms with Gasteiger partial charge in [-0.05, 0) is 25.3 Å². The molecule has 2 unspecified atom stereocenters. The maximum Gasteiger partial charge on any atom is 0.322 e. The van der Waals surface area contributed by atoms with Crippen LogP contribution in [0.3, 0.4) is 0 Å². The lowest BCUT2D eigenvalue weighted by Gasteiger charge is -2.18. The van der Waals surface area contributed by atoms with Crippen LogP contribution >= 0.6 is 0 Å². The third kappa shape index (κ3) is 3.73. The van der Waals surface area contributed by atoms with Crippen molar-refractivity contribution in [2.75, 3.05) is 19.4 Å². The van der Waals surface area contributed by atoms with Gasteiger partial charge in [-0.1, -0.05) is 6.42 Å². The average molecular weight is 250 g/mol. The van der Waals surface area contributed by atoms with Crippen LogP contribution in [0.5, 0.6) is 0 Å². The van der Waals surface area contributed by atoms with E-state index in [0.717, 1.165) is 26.4 Å². The summed E-state index contributed by atoms with van der Waals surface area (Å²) in [4.78, 5) is 10.9. The Morgan fingerprint density at radius 3 is 2.75 bits per heavy atom. The number of carbonyl (C=O) groups is 1. The molecule has 0 bridgehead atoms. The number of rotatable bonds is 5. The number of esters is 1. The molecule has 3 N–H and O–H groups in total. The fraction of sp³-hybridized carbons (Fsp3) is 0.889. The topological polar surface area (TPSA) is 98.5 Å². The first-order valence-electron chi connectivity index (χ1n) is 5.25. The smallest absolute Gasteiger partial charge is 0.322 e. The summed E-state index contributed by atoms with van der Waals surface area (Å²) in [5.74, 6) is -1.21. The molecule has 1 saturated carbocycles. The minimum atomic E-state index is -3.60. The van der Waals surface area contributed by atoms with Gasteiger partial charge in [0.25, 0.3) is 0 Å². The highest BCUT2D eigenvalue weighted by molar-refractivity contribution is 7.90. The molecule has 0 amide bonds. The molecule has 2 atom stereocenters. The summed E-state index contributed by atoms with van der Waals surface area (Å²) >= 11 is 0. The van der Waals surface area contributed by atoms with Gasteiger partial charge in [-0.15, -0.1) is 0 Å². The molecule has 1 aliphatic carbocycles. The number of ether oxygens (including phenoxy) is 1. The van der Waals surface area contributed by atoms with E-state index in [1.54, 1.807) is 0 Å². The molecule has 0 aromatic rings. The predicted octanol–water partition coefficient (Wildman–Crippen LogP) is -0.794. The Labute approximate surface area is 95.6 Å². The minimum Gasteiger partial charge on any atom is -0.468 e. The van der Waals surface area contributed by atoms with Gasteiger partial charge in [0.15, 0.2) is 5.75 Å². The van der Waals surface area contributed by atoms with E-state index in [4.69, 9.17) is 5.73 Å². The molecular formula is C9H18N2O4S. The van der Waals surface area contributed by atoms with Crippen molar-refractivity contribution < 1.29 is 17.9 Å². The van der Waals surface area contributed by atoms with Gasteiger partial charge in [0, 0.05) is 6.04 Å². The zero-order valence-electron chi connectivity index (χ0n) is 9.31. The summed E-state index contributed by atoms with van der Waals surface area (Å²) in [5.41, 5.74) is 5.54. The summed E-state index contributed by atoms with van der Waals surface area (Å²) in [7, 11) is -2.44. The van der Waals surface area contributed by atoms with Crippen LogP contribution in [-0.4, -0.2) is 39.8 Å². The molecule has 1 rings (SSSR count). The molecule has 6 nitrogen and oxygen atoms in total. The van der Waals surface area contributed by atoms with E-state index >= 15 is 0 Å². The van der Waals surface area contributed by atoms with Crippen LogP contribution in [0.2, 0.25) is 0 Å². The van der Waals surface area contributed by atoms with Gasteiger partial charge in [-0.25, -0.2) is 13.1 Å². The van der Waals surface area contributed by atoms with Gasteiger partial charge in [-0.3, -0.25) is 4.79 Å². The maximum atomic E-state index is 11.6. The molecule has 7 heteroatoms. The van der Waals surface area contributed by atoms with E-state index in [1.807, 2.05) is 0 Å². The lowest BCUT2D eigenvalue weighted by molar-refractivity contribution is -0.137. The normalized spacial score (nSPS) is 25.6. The first-order chi connectivity index (χ1) is 7.48. The maximum absolute atomic E-state index is 11.6. The zero-order valence-corrected chi connectivity index (χ0v) is 10.1. The number of methoxy groups -OCH3 is 1. The van der Waals surface area contributed by atoms with E-state index in [-0.39, 0.29) is 12.0 Å². The van der Waals surface area contributed by atoms with Crippen LogP contribution in [-0.2, 0) is 19.6 Å². The summed E-state index contributed by atoms with van der Waals surface area (Å²) < 4.78 is 30.0. The molecule has 1 fully saturated rings. The molecule has 16 heavy (non-hydrogen) atoms. The zero-order chi connectivity index (χ0) is 12.2. The lowest BCUT2D eigenvalue weighted by atomic mass is 10.1. The van der Waals surface area contributed by atoms with E-state index in [1.165, 1.54) is 0 Å². The predicted molar refractivity (Wildman–Crippen MR) is 59.1 cm³/mol. The fourth-order valence-corrected chi connectivity index (χ4v) is 3.24. The van der Waals surface area contributed by atoms with Crippen molar-refractivity contribution in [2.24, 2.45) is 11.7 Å². The second-order valence-electron chi connectivity index (χ2n) is 3.99. The Hall–Kier alpha value is -0.660. The summed E-state index contributed by atoms with van der Waals surface area (Å²) in [6.45, 7) is 0.464. The van der Waals surface area contributed by atoms with Gasteiger partial charge in [0.2, 0.25) is 10.0 Å². The molecular weight excluding hydrogens is 232 g/mol. The first-order valence-corrected chi connectivity index (χ1v) is 6.90. The van der Waals surface area contributed by atoms with E-state index in [2.05, 4.69) is 9.46 Å². The molecule has 0 aromatic carbocycles. The third-order valence-corrected chi connectivity index (χ3v) is 4.11. The number of sulfonamides is 1. The molecule has 0 spiro atoms. The van der Waals surface area contributed by atoms with Crippen LogP contribution in [0, 0.1) is 5.92 Å². The van der Waals surface area contributed by atoms with Crippen LogP contribution in [0.15, 0.2) is 0 Å². The van der Waals surface area contributed by atoms with E-state index in [0.29, 0.717) is 6.54 Å². The number of carbonyl (C=O) groups excluding carboxylic acids is 1. The largest absolute Gasteiger partial charge is 0.468 e. The van der Waals surface area contributed by atoms with Gasteiger partial charge in [0.1, 0.15) is 0 Å². The van der Waals surface area contributed by atoms with Crippen molar-refractivity contribution in [3.8, 4) is 0 Å². The number of hydrogen-bond donors (Lipinski definition) is 2. The van der Waals surface area contributed by atoms with Crippen molar-refractivity contribution in [3.63, 3.8) is 0 Å². The van der Waals surface area contributed by atoms with Crippen molar-refractivity contribution in [2.45, 2.75) is 25.3 Å².